The smallest absolute Gasteiger partial charge is 0.225 e. The van der Waals surface area contributed by atoms with Gasteiger partial charge in [0.1, 0.15) is 0 Å². The Bertz CT molecular complexity index is 468. The topological polar surface area (TPSA) is 49.4 Å². The molecule has 0 spiro atoms. The predicted octanol–water partition coefficient (Wildman–Crippen LogP) is 1.42. The fourth-order valence-corrected chi connectivity index (χ4v) is 3.26. The molecule has 1 aliphatic heterocycles. The number of hydrogen-bond donors (Lipinski definition) is 1. The highest BCUT2D eigenvalue weighted by molar-refractivity contribution is 7.09. The molecule has 1 N–H and O–H groups in total. The molecular weight excluding hydrogens is 260 g/mol. The zero-order chi connectivity index (χ0) is 13.2. The summed E-state index contributed by atoms with van der Waals surface area (Å²) in [6.45, 7) is 1.28. The number of likely N-dealkylation sites (tertiary alicyclic amines) is 1. The van der Waals surface area contributed by atoms with Gasteiger partial charge in [-0.05, 0) is 30.7 Å². The average molecular weight is 278 g/mol. The molecule has 3 rings (SSSR count). The minimum absolute atomic E-state index is 0.0352. The van der Waals surface area contributed by atoms with Gasteiger partial charge in [-0.15, -0.1) is 11.3 Å². The maximum Gasteiger partial charge on any atom is 0.225 e. The lowest BCUT2D eigenvalue weighted by molar-refractivity contribution is -0.129. The van der Waals surface area contributed by atoms with Gasteiger partial charge in [0.15, 0.2) is 0 Å². The van der Waals surface area contributed by atoms with Crippen LogP contribution >= 0.6 is 11.3 Å². The molecule has 0 bridgehead atoms. The van der Waals surface area contributed by atoms with E-state index < -0.39 is 0 Å². The van der Waals surface area contributed by atoms with Crippen molar-refractivity contribution < 1.29 is 9.59 Å². The second-order valence-corrected chi connectivity index (χ2v) is 6.33. The van der Waals surface area contributed by atoms with E-state index in [0.717, 1.165) is 19.3 Å². The molecule has 2 heterocycles. The summed E-state index contributed by atoms with van der Waals surface area (Å²) in [5.74, 6) is 0.0467. The van der Waals surface area contributed by atoms with Crippen LogP contribution in [-0.2, 0) is 16.0 Å². The summed E-state index contributed by atoms with van der Waals surface area (Å²) >= 11 is 1.71. The Hall–Kier alpha value is -1.36. The summed E-state index contributed by atoms with van der Waals surface area (Å²) in [6.07, 6.45) is 3.48. The van der Waals surface area contributed by atoms with E-state index >= 15 is 0 Å². The number of carbonyl (C=O) groups excluding carboxylic acids is 2. The van der Waals surface area contributed by atoms with Gasteiger partial charge < -0.3 is 10.2 Å². The third kappa shape index (κ3) is 2.97. The van der Waals surface area contributed by atoms with Crippen LogP contribution in [0.25, 0.3) is 0 Å². The van der Waals surface area contributed by atoms with E-state index in [1.54, 1.807) is 11.3 Å². The first kappa shape index (κ1) is 12.7. The first-order chi connectivity index (χ1) is 9.24. The first-order valence-corrected chi connectivity index (χ1v) is 7.71. The van der Waals surface area contributed by atoms with Crippen LogP contribution in [0.1, 0.15) is 24.1 Å². The van der Waals surface area contributed by atoms with Gasteiger partial charge in [0, 0.05) is 30.4 Å². The first-order valence-electron chi connectivity index (χ1n) is 6.83. The Labute approximate surface area is 116 Å². The van der Waals surface area contributed by atoms with Crippen molar-refractivity contribution in [3.63, 3.8) is 0 Å². The van der Waals surface area contributed by atoms with E-state index in [9.17, 15) is 9.59 Å². The van der Waals surface area contributed by atoms with Gasteiger partial charge in [-0.3, -0.25) is 9.59 Å². The molecule has 102 valence electrons. The molecular formula is C14H18N2O2S. The molecule has 1 saturated carbocycles. The highest BCUT2D eigenvalue weighted by Crippen LogP contribution is 2.32. The van der Waals surface area contributed by atoms with Crippen LogP contribution in [0, 0.1) is 5.92 Å². The maximum absolute atomic E-state index is 12.0. The SMILES string of the molecule is O=C(NCCc1cccs1)[C@H]1CC(=O)N(C2CC2)C1. The number of nitrogens with zero attached hydrogens (tertiary/aromatic N) is 1. The van der Waals surface area contributed by atoms with Crippen molar-refractivity contribution >= 4 is 23.2 Å². The Morgan fingerprint density at radius 2 is 2.32 bits per heavy atom. The zero-order valence-corrected chi connectivity index (χ0v) is 11.6. The van der Waals surface area contributed by atoms with Gasteiger partial charge in [0.05, 0.1) is 5.92 Å². The monoisotopic (exact) mass is 278 g/mol. The second-order valence-electron chi connectivity index (χ2n) is 5.30. The number of rotatable bonds is 5. The van der Waals surface area contributed by atoms with Gasteiger partial charge in [-0.1, -0.05) is 6.07 Å². The Kier molecular flexibility index (Phi) is 3.55. The van der Waals surface area contributed by atoms with Crippen molar-refractivity contribution in [3.8, 4) is 0 Å². The molecule has 5 heteroatoms. The summed E-state index contributed by atoms with van der Waals surface area (Å²) in [6, 6.07) is 4.52. The molecule has 1 aromatic rings. The van der Waals surface area contributed by atoms with Crippen molar-refractivity contribution in [2.75, 3.05) is 13.1 Å². The number of nitrogens with one attached hydrogen (secondary N) is 1. The standard InChI is InChI=1S/C14H18N2O2S/c17-13-8-10(9-16(13)11-3-4-11)14(18)15-6-5-12-2-1-7-19-12/h1-2,7,10-11H,3-6,8-9H2,(H,15,18)/t10-/m0/s1. The Balaban J connectivity index is 1.44. The van der Waals surface area contributed by atoms with E-state index in [2.05, 4.69) is 11.4 Å². The quantitative estimate of drug-likeness (QED) is 0.885. The normalized spacial score (nSPS) is 22.8. The van der Waals surface area contributed by atoms with Crippen molar-refractivity contribution in [1.82, 2.24) is 10.2 Å². The van der Waals surface area contributed by atoms with Crippen LogP contribution in [0.2, 0.25) is 0 Å². The number of amides is 2. The van der Waals surface area contributed by atoms with Crippen molar-refractivity contribution in [2.24, 2.45) is 5.92 Å². The number of carbonyl (C=O) groups is 2. The van der Waals surface area contributed by atoms with E-state index in [4.69, 9.17) is 0 Å². The van der Waals surface area contributed by atoms with Gasteiger partial charge in [-0.2, -0.15) is 0 Å². The second kappa shape index (κ2) is 5.33. The maximum atomic E-state index is 12.0. The van der Waals surface area contributed by atoms with Crippen LogP contribution in [0.5, 0.6) is 0 Å². The largest absolute Gasteiger partial charge is 0.355 e. The summed E-state index contributed by atoms with van der Waals surface area (Å²) in [4.78, 5) is 27.0. The van der Waals surface area contributed by atoms with Crippen LogP contribution in [0.3, 0.4) is 0 Å². The van der Waals surface area contributed by atoms with Crippen molar-refractivity contribution in [1.29, 1.82) is 0 Å². The zero-order valence-electron chi connectivity index (χ0n) is 10.8. The third-order valence-electron chi connectivity index (χ3n) is 3.77. The van der Waals surface area contributed by atoms with Crippen LogP contribution < -0.4 is 5.32 Å². The lowest BCUT2D eigenvalue weighted by Crippen LogP contribution is -2.34. The van der Waals surface area contributed by atoms with E-state index in [1.807, 2.05) is 16.3 Å². The minimum Gasteiger partial charge on any atom is -0.355 e. The summed E-state index contributed by atoms with van der Waals surface area (Å²) in [5, 5.41) is 4.99. The predicted molar refractivity (Wildman–Crippen MR) is 73.9 cm³/mol. The van der Waals surface area contributed by atoms with Gasteiger partial charge in [0.2, 0.25) is 11.8 Å². The number of hydrogen-bond acceptors (Lipinski definition) is 3. The molecule has 0 unspecified atom stereocenters. The molecule has 0 aromatic carbocycles. The molecule has 1 aliphatic carbocycles. The van der Waals surface area contributed by atoms with Crippen molar-refractivity contribution in [2.45, 2.75) is 31.7 Å². The Morgan fingerprint density at radius 1 is 1.47 bits per heavy atom. The Morgan fingerprint density at radius 3 is 3.00 bits per heavy atom. The van der Waals surface area contributed by atoms with Crippen molar-refractivity contribution in [3.05, 3.63) is 22.4 Å². The molecule has 19 heavy (non-hydrogen) atoms. The molecule has 2 fully saturated rings. The summed E-state index contributed by atoms with van der Waals surface area (Å²) < 4.78 is 0. The highest BCUT2D eigenvalue weighted by Gasteiger charge is 2.41. The molecule has 1 aromatic heterocycles. The molecule has 2 aliphatic rings. The summed E-state index contributed by atoms with van der Waals surface area (Å²) in [7, 11) is 0. The average Bonchev–Trinajstić information content (AvgIpc) is 2.96. The van der Waals surface area contributed by atoms with E-state index in [1.165, 1.54) is 4.88 Å². The lowest BCUT2D eigenvalue weighted by atomic mass is 10.1. The fourth-order valence-electron chi connectivity index (χ4n) is 2.55. The van der Waals surface area contributed by atoms with Crippen LogP contribution in [-0.4, -0.2) is 35.8 Å². The molecule has 0 radical (unpaired) electrons. The molecule has 1 saturated heterocycles. The summed E-state index contributed by atoms with van der Waals surface area (Å²) in [5.41, 5.74) is 0. The van der Waals surface area contributed by atoms with Crippen LogP contribution in [0.4, 0.5) is 0 Å². The van der Waals surface area contributed by atoms with E-state index in [0.29, 0.717) is 25.6 Å². The molecule has 1 atom stereocenters. The van der Waals surface area contributed by atoms with E-state index in [-0.39, 0.29) is 17.7 Å². The third-order valence-corrected chi connectivity index (χ3v) is 4.70. The van der Waals surface area contributed by atoms with Gasteiger partial charge >= 0.3 is 0 Å². The van der Waals surface area contributed by atoms with Gasteiger partial charge in [0.25, 0.3) is 0 Å². The minimum atomic E-state index is -0.142. The molecule has 4 nitrogen and oxygen atoms in total. The number of thiophene rings is 1. The lowest BCUT2D eigenvalue weighted by Gasteiger charge is -2.15. The highest BCUT2D eigenvalue weighted by atomic mass is 32.1. The van der Waals surface area contributed by atoms with Gasteiger partial charge in [-0.25, -0.2) is 0 Å². The van der Waals surface area contributed by atoms with Crippen LogP contribution in [0.15, 0.2) is 17.5 Å². The molecule has 2 amide bonds. The fraction of sp³-hybridized carbons (Fsp3) is 0.571.